The van der Waals surface area contributed by atoms with Crippen molar-refractivity contribution < 1.29 is 47.5 Å². The molecule has 4 N–H and O–H groups in total. The number of nitrogens with one attached hydrogen (secondary N) is 2. The molecule has 17 heteroatoms. The van der Waals surface area contributed by atoms with Gasteiger partial charge in [0.1, 0.15) is 17.6 Å². The van der Waals surface area contributed by atoms with Crippen molar-refractivity contribution in [3.63, 3.8) is 0 Å². The molecule has 2 aromatic heterocycles. The summed E-state index contributed by atoms with van der Waals surface area (Å²) in [6.45, 7) is 6.74. The molecule has 0 aliphatic carbocycles. The first-order valence-electron chi connectivity index (χ1n) is 14.3. The summed E-state index contributed by atoms with van der Waals surface area (Å²) >= 11 is 0. The molecule has 2 aromatic carbocycles. The van der Waals surface area contributed by atoms with Crippen molar-refractivity contribution in [3.8, 4) is 5.75 Å². The number of aromatic nitrogens is 3. The molecule has 2 heterocycles. The fraction of sp³-hybridized carbons (Fsp3) is 0.267. The lowest BCUT2D eigenvalue weighted by atomic mass is 10.1. The molecular weight excluding hydrogens is 635 g/mol. The summed E-state index contributed by atoms with van der Waals surface area (Å²) in [7, 11) is -4.77. The van der Waals surface area contributed by atoms with Crippen LogP contribution in [-0.2, 0) is 14.0 Å². The average molecular weight is 669 g/mol. The molecule has 4 rings (SSSR count). The lowest BCUT2D eigenvalue weighted by Crippen LogP contribution is -2.37. The van der Waals surface area contributed by atoms with E-state index in [0.29, 0.717) is 34.7 Å². The summed E-state index contributed by atoms with van der Waals surface area (Å²) < 4.78 is 26.8. The van der Waals surface area contributed by atoms with Gasteiger partial charge in [-0.2, -0.15) is 5.10 Å². The highest BCUT2D eigenvalue weighted by molar-refractivity contribution is 7.46. The Morgan fingerprint density at radius 2 is 1.70 bits per heavy atom. The number of phosphoric acid groups is 1. The number of carbonyl (C=O) groups is 4. The van der Waals surface area contributed by atoms with E-state index in [1.54, 1.807) is 26.0 Å². The second-order valence-electron chi connectivity index (χ2n) is 10.1. The van der Waals surface area contributed by atoms with Crippen molar-refractivity contribution in [2.75, 3.05) is 25.2 Å². The summed E-state index contributed by atoms with van der Waals surface area (Å²) in [5.41, 5.74) is 3.01. The van der Waals surface area contributed by atoms with E-state index in [-0.39, 0.29) is 29.3 Å². The Hall–Kier alpha value is -5.31. The molecule has 248 valence electrons. The van der Waals surface area contributed by atoms with Crippen LogP contribution in [0.5, 0.6) is 5.75 Å². The number of rotatable bonds is 12. The van der Waals surface area contributed by atoms with E-state index in [2.05, 4.69) is 25.2 Å². The largest absolute Gasteiger partial charge is 0.524 e. The minimum Gasteiger partial charge on any atom is -0.424 e. The van der Waals surface area contributed by atoms with Crippen LogP contribution in [0.15, 0.2) is 55.0 Å². The van der Waals surface area contributed by atoms with Gasteiger partial charge in [-0.3, -0.25) is 19.4 Å². The van der Waals surface area contributed by atoms with Crippen molar-refractivity contribution in [3.05, 3.63) is 82.8 Å². The second-order valence-corrected chi connectivity index (χ2v) is 11.3. The van der Waals surface area contributed by atoms with Crippen LogP contribution >= 0.6 is 7.82 Å². The number of phosphoric ester groups is 1. The van der Waals surface area contributed by atoms with Crippen LogP contribution in [0.4, 0.5) is 16.3 Å². The van der Waals surface area contributed by atoms with Gasteiger partial charge in [0.05, 0.1) is 11.1 Å². The normalized spacial score (nSPS) is 11.1. The van der Waals surface area contributed by atoms with Crippen LogP contribution in [0.25, 0.3) is 5.52 Å². The number of hydrogen-bond acceptors (Lipinski definition) is 11. The molecule has 0 saturated carbocycles. The Kier molecular flexibility index (Phi) is 10.9. The summed E-state index contributed by atoms with van der Waals surface area (Å²) in [6, 6.07) is 9.95. The predicted molar refractivity (Wildman–Crippen MR) is 167 cm³/mol. The van der Waals surface area contributed by atoms with Gasteiger partial charge in [-0.15, -0.1) is 0 Å². The Bertz CT molecular complexity index is 1850. The first-order chi connectivity index (χ1) is 22.3. The van der Waals surface area contributed by atoms with E-state index in [9.17, 15) is 23.7 Å². The van der Waals surface area contributed by atoms with E-state index in [1.165, 1.54) is 29.2 Å². The summed E-state index contributed by atoms with van der Waals surface area (Å²) in [6.07, 6.45) is 2.49. The van der Waals surface area contributed by atoms with Crippen molar-refractivity contribution in [1.82, 2.24) is 24.8 Å². The fourth-order valence-corrected chi connectivity index (χ4v) is 4.81. The number of hydrogen-bond donors (Lipinski definition) is 4. The van der Waals surface area contributed by atoms with Gasteiger partial charge < -0.3 is 24.6 Å². The van der Waals surface area contributed by atoms with Crippen LogP contribution in [0.1, 0.15) is 62.5 Å². The summed E-state index contributed by atoms with van der Waals surface area (Å²) in [4.78, 5) is 74.1. The lowest BCUT2D eigenvalue weighted by molar-refractivity contribution is -0.0102. The maximum atomic E-state index is 13.5. The first kappa shape index (κ1) is 34.6. The van der Waals surface area contributed by atoms with E-state index in [0.717, 1.165) is 29.0 Å². The monoisotopic (exact) mass is 668 g/mol. The molecule has 16 nitrogen and oxygen atoms in total. The predicted octanol–water partition coefficient (Wildman–Crippen LogP) is 4.11. The third-order valence-electron chi connectivity index (χ3n) is 6.81. The molecule has 47 heavy (non-hydrogen) atoms. The molecule has 4 aromatic rings. The zero-order valence-corrected chi connectivity index (χ0v) is 26.8. The quantitative estimate of drug-likeness (QED) is 0.0952. The molecule has 0 unspecified atom stereocenters. The van der Waals surface area contributed by atoms with Gasteiger partial charge in [0.25, 0.3) is 11.8 Å². The molecule has 0 aliphatic rings. The summed E-state index contributed by atoms with van der Waals surface area (Å²) in [5, 5.41) is 10.3. The minimum absolute atomic E-state index is 0.00846. The van der Waals surface area contributed by atoms with E-state index in [1.807, 2.05) is 19.9 Å². The van der Waals surface area contributed by atoms with Gasteiger partial charge in [0.2, 0.25) is 6.79 Å². The number of aryl methyl sites for hydroxylation is 2. The molecule has 0 radical (unpaired) electrons. The number of esters is 1. The van der Waals surface area contributed by atoms with Crippen molar-refractivity contribution in [2.24, 2.45) is 0 Å². The number of anilines is 2. The molecule has 0 saturated heterocycles. The van der Waals surface area contributed by atoms with Crippen molar-refractivity contribution in [2.45, 2.75) is 34.1 Å². The van der Waals surface area contributed by atoms with Gasteiger partial charge in [-0.05, 0) is 74.7 Å². The van der Waals surface area contributed by atoms with Gasteiger partial charge >= 0.3 is 19.9 Å². The average Bonchev–Trinajstić information content (AvgIpc) is 3.37. The Labute approximate surface area is 268 Å². The highest BCUT2D eigenvalue weighted by Crippen LogP contribution is 2.37. The SMILES string of the molecule is CCCNC(=O)c1ccc(C)c(Nc2ncnn3cc(C(=O)N(CC)C(=O)OCOC(=O)c4ccc(OP(=O)(O)O)cc4)c(C)c23)c1. The number of carbonyl (C=O) groups excluding carboxylic acids is 4. The first-order valence-corrected chi connectivity index (χ1v) is 15.9. The molecule has 0 spiro atoms. The van der Waals surface area contributed by atoms with Gasteiger partial charge in [-0.25, -0.2) is 28.6 Å². The van der Waals surface area contributed by atoms with Crippen LogP contribution in [0.2, 0.25) is 0 Å². The third kappa shape index (κ3) is 8.49. The van der Waals surface area contributed by atoms with Crippen LogP contribution in [-0.4, -0.2) is 73.0 Å². The Morgan fingerprint density at radius 1 is 1.00 bits per heavy atom. The second kappa shape index (κ2) is 14.9. The maximum absolute atomic E-state index is 13.5. The number of fused-ring (bicyclic) bond motifs is 1. The van der Waals surface area contributed by atoms with E-state index < -0.39 is 32.6 Å². The lowest BCUT2D eigenvalue weighted by Gasteiger charge is -2.18. The highest BCUT2D eigenvalue weighted by atomic mass is 31.2. The maximum Gasteiger partial charge on any atom is 0.524 e. The van der Waals surface area contributed by atoms with Gasteiger partial charge in [-0.1, -0.05) is 13.0 Å². The molecule has 0 fully saturated rings. The molecule has 3 amide bonds. The van der Waals surface area contributed by atoms with Crippen LogP contribution in [0, 0.1) is 13.8 Å². The zero-order valence-electron chi connectivity index (χ0n) is 25.9. The van der Waals surface area contributed by atoms with Crippen LogP contribution < -0.4 is 15.2 Å². The number of nitrogens with zero attached hydrogens (tertiary/aromatic N) is 4. The standard InChI is InChI=1S/C30H33N6O10P/c1-5-13-31-27(37)21-8-7-18(3)24(14-21)34-26-25-19(4)23(15-36(25)33-16-32-26)28(38)35(6-2)30(40)45-17-44-29(39)20-9-11-22(12-10-20)46-47(41,42)43/h7-12,14-16H,5-6,13,17H2,1-4H3,(H,31,37)(H,32,33,34)(H2,41,42,43). The summed E-state index contributed by atoms with van der Waals surface area (Å²) in [5.74, 6) is -1.60. The topological polar surface area (TPSA) is 211 Å². The van der Waals surface area contributed by atoms with Crippen LogP contribution in [0.3, 0.4) is 0 Å². The Morgan fingerprint density at radius 3 is 2.36 bits per heavy atom. The van der Waals surface area contributed by atoms with E-state index >= 15 is 0 Å². The molecule has 0 aliphatic heterocycles. The van der Waals surface area contributed by atoms with Crippen molar-refractivity contribution >= 4 is 48.7 Å². The number of ether oxygens (including phenoxy) is 2. The molecular formula is C30H33N6O10P. The molecule has 0 bridgehead atoms. The Balaban J connectivity index is 1.46. The third-order valence-corrected chi connectivity index (χ3v) is 7.26. The molecule has 0 atom stereocenters. The van der Waals surface area contributed by atoms with Crippen molar-refractivity contribution in [1.29, 1.82) is 0 Å². The number of benzene rings is 2. The van der Waals surface area contributed by atoms with Gasteiger partial charge in [0.15, 0.2) is 5.82 Å². The minimum atomic E-state index is -4.77. The number of amides is 3. The number of imide groups is 1. The van der Waals surface area contributed by atoms with Gasteiger partial charge in [0, 0.05) is 30.5 Å². The highest BCUT2D eigenvalue weighted by Gasteiger charge is 2.27. The smallest absolute Gasteiger partial charge is 0.424 e. The fourth-order valence-electron chi connectivity index (χ4n) is 4.42. The zero-order chi connectivity index (χ0) is 34.3. The van der Waals surface area contributed by atoms with E-state index in [4.69, 9.17) is 19.3 Å².